The number of anilines is 2. The van der Waals surface area contributed by atoms with Crippen molar-refractivity contribution < 1.29 is 14.1 Å². The zero-order valence-corrected chi connectivity index (χ0v) is 21.6. The predicted octanol–water partition coefficient (Wildman–Crippen LogP) is 2.73. The maximum Gasteiger partial charge on any atom is 0.233 e. The minimum absolute atomic E-state index is 0.0555. The first-order chi connectivity index (χ1) is 19.1. The Morgan fingerprint density at radius 2 is 1.85 bits per heavy atom. The second kappa shape index (κ2) is 9.86. The molecule has 3 fully saturated rings. The molecule has 7 rings (SSSR count). The third-order valence-electron chi connectivity index (χ3n) is 7.79. The molecule has 0 unspecified atom stereocenters. The highest BCUT2D eigenvalue weighted by Gasteiger charge is 2.34. The fourth-order valence-electron chi connectivity index (χ4n) is 5.42. The van der Waals surface area contributed by atoms with Gasteiger partial charge < -0.3 is 19.5 Å². The highest BCUT2D eigenvalue weighted by molar-refractivity contribution is 5.85. The number of ether oxygens (including phenoxy) is 1. The third kappa shape index (κ3) is 4.66. The Balaban J connectivity index is 1.05. The van der Waals surface area contributed by atoms with Crippen LogP contribution in [0.25, 0.3) is 22.8 Å². The molecule has 7 heterocycles. The molecule has 2 atom stereocenters. The van der Waals surface area contributed by atoms with Gasteiger partial charge in [-0.3, -0.25) is 14.4 Å². The molecule has 1 N–H and O–H groups in total. The predicted molar refractivity (Wildman–Crippen MR) is 141 cm³/mol. The SMILES string of the molecule is CN1CC[C@@H](c2cc(-c3cccc(-c4ccnc(Nc5cnn([C@H]6CCN(C7COC7)C6)c5)n4)n3)no2)C1=O. The standard InChI is InChI=1S/C27H29N9O3/c1-34-9-7-20(26(34)37)25-11-24(33-39-25)22-4-2-3-21(31-22)23-5-8-28-27(32-23)30-17-12-29-36(13-17)18-6-10-35(14-18)19-15-38-16-19/h2-5,8,11-13,18-20H,6-7,9-10,14-16H2,1H3,(H,28,30,32)/t18-,20-/m0/s1. The van der Waals surface area contributed by atoms with Crippen LogP contribution in [-0.4, -0.2) is 91.5 Å². The van der Waals surface area contributed by atoms with Gasteiger partial charge in [0.05, 0.1) is 54.3 Å². The summed E-state index contributed by atoms with van der Waals surface area (Å²) in [6, 6.07) is 10.2. The Morgan fingerprint density at radius 1 is 1.00 bits per heavy atom. The van der Waals surface area contributed by atoms with E-state index in [1.165, 1.54) is 0 Å². The fourth-order valence-corrected chi connectivity index (χ4v) is 5.42. The zero-order chi connectivity index (χ0) is 26.3. The van der Waals surface area contributed by atoms with Crippen LogP contribution in [0.3, 0.4) is 0 Å². The molecule has 39 heavy (non-hydrogen) atoms. The number of rotatable bonds is 7. The molecule has 200 valence electrons. The number of nitrogens with zero attached hydrogens (tertiary/aromatic N) is 8. The molecular weight excluding hydrogens is 498 g/mol. The molecular formula is C27H29N9O3. The summed E-state index contributed by atoms with van der Waals surface area (Å²) in [6.07, 6.45) is 7.32. The van der Waals surface area contributed by atoms with Crippen molar-refractivity contribution in [3.8, 4) is 22.8 Å². The van der Waals surface area contributed by atoms with E-state index >= 15 is 0 Å². The molecule has 3 aliphatic heterocycles. The molecule has 0 saturated carbocycles. The average molecular weight is 528 g/mol. The van der Waals surface area contributed by atoms with E-state index in [2.05, 4.69) is 30.4 Å². The number of nitrogens with one attached hydrogen (secondary N) is 1. The normalized spacial score (nSPS) is 22.0. The first-order valence-corrected chi connectivity index (χ1v) is 13.3. The van der Waals surface area contributed by atoms with Gasteiger partial charge in [0.15, 0.2) is 0 Å². The maximum absolute atomic E-state index is 12.4. The van der Waals surface area contributed by atoms with Crippen LogP contribution in [-0.2, 0) is 9.53 Å². The van der Waals surface area contributed by atoms with Crippen LogP contribution in [0.15, 0.2) is 53.4 Å². The quantitative estimate of drug-likeness (QED) is 0.383. The van der Waals surface area contributed by atoms with Crippen molar-refractivity contribution >= 4 is 17.5 Å². The lowest BCUT2D eigenvalue weighted by Crippen LogP contribution is -2.47. The van der Waals surface area contributed by atoms with Crippen LogP contribution in [0.1, 0.15) is 30.6 Å². The summed E-state index contributed by atoms with van der Waals surface area (Å²) in [5.74, 6) is 0.804. The van der Waals surface area contributed by atoms with Crippen LogP contribution < -0.4 is 5.32 Å². The van der Waals surface area contributed by atoms with Crippen molar-refractivity contribution in [2.75, 3.05) is 45.2 Å². The van der Waals surface area contributed by atoms with Gasteiger partial charge in [-0.2, -0.15) is 5.10 Å². The van der Waals surface area contributed by atoms with Gasteiger partial charge in [0, 0.05) is 45.1 Å². The highest BCUT2D eigenvalue weighted by Crippen LogP contribution is 2.31. The number of amides is 1. The summed E-state index contributed by atoms with van der Waals surface area (Å²) < 4.78 is 12.9. The fraction of sp³-hybridized carbons (Fsp3) is 0.407. The van der Waals surface area contributed by atoms with Gasteiger partial charge >= 0.3 is 0 Å². The van der Waals surface area contributed by atoms with E-state index in [1.54, 1.807) is 24.3 Å². The molecule has 0 spiro atoms. The van der Waals surface area contributed by atoms with E-state index in [-0.39, 0.29) is 11.8 Å². The lowest BCUT2D eigenvalue weighted by Gasteiger charge is -2.34. The van der Waals surface area contributed by atoms with E-state index < -0.39 is 0 Å². The molecule has 4 aromatic rings. The minimum atomic E-state index is -0.288. The Hall–Kier alpha value is -4.16. The molecule has 0 aromatic carbocycles. The molecule has 4 aromatic heterocycles. The van der Waals surface area contributed by atoms with Gasteiger partial charge in [0.25, 0.3) is 0 Å². The van der Waals surface area contributed by atoms with Gasteiger partial charge in [-0.05, 0) is 31.0 Å². The van der Waals surface area contributed by atoms with E-state index in [4.69, 9.17) is 14.2 Å². The van der Waals surface area contributed by atoms with Gasteiger partial charge in [-0.15, -0.1) is 0 Å². The second-order valence-corrected chi connectivity index (χ2v) is 10.4. The zero-order valence-electron chi connectivity index (χ0n) is 21.6. The van der Waals surface area contributed by atoms with Crippen molar-refractivity contribution in [2.45, 2.75) is 30.8 Å². The molecule has 0 radical (unpaired) electrons. The van der Waals surface area contributed by atoms with Gasteiger partial charge in [-0.25, -0.2) is 15.0 Å². The third-order valence-corrected chi connectivity index (χ3v) is 7.79. The summed E-state index contributed by atoms with van der Waals surface area (Å²) >= 11 is 0. The number of carbonyl (C=O) groups is 1. The second-order valence-electron chi connectivity index (χ2n) is 10.4. The first kappa shape index (κ1) is 23.9. The number of likely N-dealkylation sites (tertiary alicyclic amines) is 2. The molecule has 12 nitrogen and oxygen atoms in total. The van der Waals surface area contributed by atoms with E-state index in [1.807, 2.05) is 41.2 Å². The minimum Gasteiger partial charge on any atom is -0.378 e. The average Bonchev–Trinajstić information content (AvgIpc) is 3.73. The van der Waals surface area contributed by atoms with Crippen LogP contribution in [0.2, 0.25) is 0 Å². The lowest BCUT2D eigenvalue weighted by atomic mass is 10.0. The number of aromatic nitrogens is 6. The van der Waals surface area contributed by atoms with Crippen LogP contribution in [0.4, 0.5) is 11.6 Å². The summed E-state index contributed by atoms with van der Waals surface area (Å²) in [6.45, 7) is 4.45. The Labute approximate surface area is 225 Å². The number of pyridine rings is 1. The molecule has 1 amide bonds. The number of hydrogen-bond donors (Lipinski definition) is 1. The van der Waals surface area contributed by atoms with Crippen LogP contribution in [0.5, 0.6) is 0 Å². The maximum atomic E-state index is 12.4. The van der Waals surface area contributed by atoms with E-state index in [0.717, 1.165) is 44.8 Å². The number of carbonyl (C=O) groups excluding carboxylic acids is 1. The van der Waals surface area contributed by atoms with E-state index in [0.29, 0.717) is 53.1 Å². The van der Waals surface area contributed by atoms with Crippen LogP contribution >= 0.6 is 0 Å². The Morgan fingerprint density at radius 3 is 2.64 bits per heavy atom. The summed E-state index contributed by atoms with van der Waals surface area (Å²) in [5.41, 5.74) is 3.42. The Bertz CT molecular complexity index is 1500. The van der Waals surface area contributed by atoms with Gasteiger partial charge in [0.1, 0.15) is 17.4 Å². The topological polar surface area (TPSA) is 127 Å². The molecule has 0 bridgehead atoms. The number of likely N-dealkylation sites (N-methyl/N-ethyl adjacent to an activating group) is 1. The van der Waals surface area contributed by atoms with Crippen LogP contribution in [0, 0.1) is 0 Å². The lowest BCUT2D eigenvalue weighted by molar-refractivity contribution is -0.128. The molecule has 3 aliphatic rings. The molecule has 12 heteroatoms. The summed E-state index contributed by atoms with van der Waals surface area (Å²) in [4.78, 5) is 30.4. The smallest absolute Gasteiger partial charge is 0.233 e. The van der Waals surface area contributed by atoms with Crippen molar-refractivity contribution in [1.82, 2.24) is 39.7 Å². The van der Waals surface area contributed by atoms with Crippen molar-refractivity contribution in [1.29, 1.82) is 0 Å². The van der Waals surface area contributed by atoms with Gasteiger partial charge in [0.2, 0.25) is 11.9 Å². The summed E-state index contributed by atoms with van der Waals surface area (Å²) in [7, 11) is 1.80. The Kier molecular flexibility index (Phi) is 6.05. The van der Waals surface area contributed by atoms with Crippen molar-refractivity contribution in [3.63, 3.8) is 0 Å². The first-order valence-electron chi connectivity index (χ1n) is 13.3. The number of hydrogen-bond acceptors (Lipinski definition) is 10. The molecule has 0 aliphatic carbocycles. The van der Waals surface area contributed by atoms with E-state index in [9.17, 15) is 4.79 Å². The largest absolute Gasteiger partial charge is 0.378 e. The van der Waals surface area contributed by atoms with Crippen molar-refractivity contribution in [3.05, 3.63) is 54.7 Å². The van der Waals surface area contributed by atoms with Gasteiger partial charge in [-0.1, -0.05) is 11.2 Å². The summed E-state index contributed by atoms with van der Waals surface area (Å²) in [5, 5.41) is 12.0. The molecule has 3 saturated heterocycles. The highest BCUT2D eigenvalue weighted by atomic mass is 16.5. The monoisotopic (exact) mass is 527 g/mol. The van der Waals surface area contributed by atoms with Crippen molar-refractivity contribution in [2.24, 2.45) is 0 Å².